The zero-order valence-electron chi connectivity index (χ0n) is 10.7. The van der Waals surface area contributed by atoms with E-state index in [1.54, 1.807) is 0 Å². The van der Waals surface area contributed by atoms with Gasteiger partial charge in [-0.1, -0.05) is 26.7 Å². The van der Waals surface area contributed by atoms with Gasteiger partial charge in [0.1, 0.15) is 5.78 Å². The summed E-state index contributed by atoms with van der Waals surface area (Å²) in [5.41, 5.74) is 0. The number of ketones is 1. The fraction of sp³-hybridized carbons (Fsp3) is 0.923. The second-order valence-corrected chi connectivity index (χ2v) is 4.94. The number of unbranched alkanes of at least 4 members (excludes halogenated alkanes) is 2. The van der Waals surface area contributed by atoms with E-state index >= 15 is 0 Å². The van der Waals surface area contributed by atoms with Crippen molar-refractivity contribution in [3.63, 3.8) is 0 Å². The Hall–Kier alpha value is -0.0800. The maximum Gasteiger partial charge on any atom is 0.144 e. The van der Waals surface area contributed by atoms with Crippen LogP contribution < -0.4 is 17.7 Å². The first-order valence-electron chi connectivity index (χ1n) is 6.63. The van der Waals surface area contributed by atoms with Gasteiger partial charge in [0.2, 0.25) is 0 Å². The van der Waals surface area contributed by atoms with Crippen molar-refractivity contribution in [3.05, 3.63) is 0 Å². The molecule has 1 rings (SSSR count). The minimum atomic E-state index is 0. The van der Waals surface area contributed by atoms with Crippen LogP contribution in [0.25, 0.3) is 0 Å². The first-order valence-corrected chi connectivity index (χ1v) is 6.63. The van der Waals surface area contributed by atoms with Gasteiger partial charge < -0.3 is 17.7 Å². The van der Waals surface area contributed by atoms with Crippen LogP contribution in [0.5, 0.6) is 0 Å². The fourth-order valence-corrected chi connectivity index (χ4v) is 2.52. The van der Waals surface area contributed by atoms with Crippen molar-refractivity contribution in [2.75, 3.05) is 0 Å². The molecule has 1 saturated heterocycles. The maximum atomic E-state index is 11.6. The zero-order chi connectivity index (χ0) is 11.1. The van der Waals surface area contributed by atoms with Crippen LogP contribution in [0, 0.1) is 0 Å². The molecule has 0 aliphatic carbocycles. The summed E-state index contributed by atoms with van der Waals surface area (Å²) in [5.74, 6) is 0.500. The van der Waals surface area contributed by atoms with Crippen LogP contribution in [-0.4, -0.2) is 17.9 Å². The highest BCUT2D eigenvalue weighted by Crippen LogP contribution is 2.11. The van der Waals surface area contributed by atoms with E-state index in [1.807, 2.05) is 0 Å². The molecular formula is C13H26ClNO. The number of halogens is 1. The highest BCUT2D eigenvalue weighted by atomic mass is 35.5. The molecule has 1 heterocycles. The molecule has 2 atom stereocenters. The van der Waals surface area contributed by atoms with Crippen LogP contribution in [0.2, 0.25) is 0 Å². The van der Waals surface area contributed by atoms with Gasteiger partial charge in [-0.25, -0.2) is 0 Å². The molecule has 16 heavy (non-hydrogen) atoms. The van der Waals surface area contributed by atoms with Gasteiger partial charge in [-0.2, -0.15) is 0 Å². The minimum absolute atomic E-state index is 0. The summed E-state index contributed by atoms with van der Waals surface area (Å²) in [6.07, 6.45) is 9.14. The minimum Gasteiger partial charge on any atom is -1.00 e. The molecule has 0 spiro atoms. The predicted molar refractivity (Wildman–Crippen MR) is 62.8 cm³/mol. The van der Waals surface area contributed by atoms with Gasteiger partial charge in [0, 0.05) is 0 Å². The van der Waals surface area contributed by atoms with E-state index in [1.165, 1.54) is 38.5 Å². The monoisotopic (exact) mass is 247 g/mol. The van der Waals surface area contributed by atoms with Crippen LogP contribution in [0.15, 0.2) is 0 Å². The Morgan fingerprint density at radius 2 is 1.50 bits per heavy atom. The first-order chi connectivity index (χ1) is 7.26. The predicted octanol–water partition coefficient (Wildman–Crippen LogP) is -0.966. The van der Waals surface area contributed by atoms with Crippen LogP contribution in [0.3, 0.4) is 0 Å². The Morgan fingerprint density at radius 1 is 1.06 bits per heavy atom. The Labute approximate surface area is 106 Å². The summed E-state index contributed by atoms with van der Waals surface area (Å²) in [6, 6.07) is 1.18. The summed E-state index contributed by atoms with van der Waals surface area (Å²) in [6.45, 7) is 4.44. The van der Waals surface area contributed by atoms with E-state index in [0.717, 1.165) is 12.8 Å². The van der Waals surface area contributed by atoms with E-state index < -0.39 is 0 Å². The number of quaternary nitrogens is 1. The van der Waals surface area contributed by atoms with Gasteiger partial charge in [0.15, 0.2) is 0 Å². The second kappa shape index (κ2) is 9.00. The number of nitrogens with two attached hydrogens (primary N) is 1. The third-order valence-electron chi connectivity index (χ3n) is 3.38. The van der Waals surface area contributed by atoms with Crippen molar-refractivity contribution in [3.8, 4) is 0 Å². The lowest BCUT2D eigenvalue weighted by molar-refractivity contribution is -0.725. The number of Topliss-reactive ketones (excluding diaryl/α,β-unsaturated/α-hetero) is 1. The molecule has 0 aromatic rings. The number of rotatable bonds is 6. The lowest BCUT2D eigenvalue weighted by atomic mass is 9.91. The molecule has 0 aromatic heterocycles. The van der Waals surface area contributed by atoms with Crippen molar-refractivity contribution in [2.45, 2.75) is 77.3 Å². The second-order valence-electron chi connectivity index (χ2n) is 4.94. The highest BCUT2D eigenvalue weighted by Gasteiger charge is 2.29. The van der Waals surface area contributed by atoms with Crippen molar-refractivity contribution in [2.24, 2.45) is 0 Å². The Bertz CT molecular complexity index is 178. The quantitative estimate of drug-likeness (QED) is 0.644. The fourth-order valence-electron chi connectivity index (χ4n) is 2.52. The number of hydrogen-bond donors (Lipinski definition) is 1. The summed E-state index contributed by atoms with van der Waals surface area (Å²) >= 11 is 0. The van der Waals surface area contributed by atoms with Gasteiger partial charge in [-0.3, -0.25) is 4.79 Å². The van der Waals surface area contributed by atoms with Crippen molar-refractivity contribution in [1.82, 2.24) is 0 Å². The average molecular weight is 248 g/mol. The van der Waals surface area contributed by atoms with E-state index in [2.05, 4.69) is 19.2 Å². The number of hydrogen-bond acceptors (Lipinski definition) is 1. The van der Waals surface area contributed by atoms with Crippen molar-refractivity contribution in [1.29, 1.82) is 0 Å². The first kappa shape index (κ1) is 15.9. The largest absolute Gasteiger partial charge is 1.00 e. The maximum absolute atomic E-state index is 11.6. The lowest BCUT2D eigenvalue weighted by Crippen LogP contribution is -3.00. The molecule has 0 saturated carbocycles. The normalized spacial score (nSPS) is 25.2. The molecule has 0 bridgehead atoms. The topological polar surface area (TPSA) is 33.7 Å². The molecule has 0 amide bonds. The van der Waals surface area contributed by atoms with Gasteiger partial charge >= 0.3 is 0 Å². The molecule has 1 aliphatic heterocycles. The lowest BCUT2D eigenvalue weighted by Gasteiger charge is -2.26. The smallest absolute Gasteiger partial charge is 0.144 e. The number of carbonyl (C=O) groups is 1. The van der Waals surface area contributed by atoms with Crippen molar-refractivity contribution >= 4 is 5.78 Å². The van der Waals surface area contributed by atoms with Crippen LogP contribution >= 0.6 is 0 Å². The average Bonchev–Trinajstić information content (AvgIpc) is 2.23. The summed E-state index contributed by atoms with van der Waals surface area (Å²) < 4.78 is 0. The molecule has 0 unspecified atom stereocenters. The van der Waals surface area contributed by atoms with E-state index in [9.17, 15) is 4.79 Å². The third kappa shape index (κ3) is 5.86. The van der Waals surface area contributed by atoms with E-state index in [4.69, 9.17) is 0 Å². The van der Waals surface area contributed by atoms with Crippen molar-refractivity contribution < 1.29 is 22.5 Å². The zero-order valence-corrected chi connectivity index (χ0v) is 11.4. The van der Waals surface area contributed by atoms with Gasteiger partial charge in [-0.05, 0) is 25.7 Å². The number of carbonyl (C=O) groups excluding carboxylic acids is 1. The molecule has 1 aliphatic rings. The Morgan fingerprint density at radius 3 is 1.88 bits per heavy atom. The summed E-state index contributed by atoms with van der Waals surface area (Å²) in [5, 5.41) is 2.48. The van der Waals surface area contributed by atoms with Crippen LogP contribution in [0.1, 0.15) is 65.2 Å². The standard InChI is InChI=1S/C13H25NO.ClH/c1-3-5-7-11-9-13(15)10-12(14-11)8-6-4-2;/h11-12,14H,3-10H2,1-2H3;1H/t11-,12+;. The molecule has 0 aromatic carbocycles. The van der Waals surface area contributed by atoms with E-state index in [0.29, 0.717) is 17.9 Å². The SMILES string of the molecule is CCCC[C@@H]1CC(=O)C[C@H](CCCC)[NH2+]1.[Cl-]. The Kier molecular flexibility index (Phi) is 8.96. The van der Waals surface area contributed by atoms with Gasteiger partial charge in [-0.15, -0.1) is 0 Å². The van der Waals surface area contributed by atoms with Crippen LogP contribution in [-0.2, 0) is 4.79 Å². The third-order valence-corrected chi connectivity index (χ3v) is 3.38. The van der Waals surface area contributed by atoms with Crippen LogP contribution in [0.4, 0.5) is 0 Å². The van der Waals surface area contributed by atoms with E-state index in [-0.39, 0.29) is 12.4 Å². The molecule has 3 heteroatoms. The molecule has 2 N–H and O–H groups in total. The molecule has 96 valence electrons. The van der Waals surface area contributed by atoms with Gasteiger partial charge in [0.05, 0.1) is 24.9 Å². The number of piperidine rings is 1. The summed E-state index contributed by atoms with van der Waals surface area (Å²) in [4.78, 5) is 11.6. The van der Waals surface area contributed by atoms with Gasteiger partial charge in [0.25, 0.3) is 0 Å². The molecule has 0 radical (unpaired) electrons. The molecule has 2 nitrogen and oxygen atoms in total. The summed E-state index contributed by atoms with van der Waals surface area (Å²) in [7, 11) is 0. The Balaban J connectivity index is 0.00000225. The highest BCUT2D eigenvalue weighted by molar-refractivity contribution is 5.79. The molecule has 1 fully saturated rings. The molecular weight excluding hydrogens is 222 g/mol.